The summed E-state index contributed by atoms with van der Waals surface area (Å²) in [6.45, 7) is 6.23. The van der Waals surface area contributed by atoms with Crippen molar-refractivity contribution in [3.05, 3.63) is 63.3 Å². The third-order valence-corrected chi connectivity index (χ3v) is 5.46. The lowest BCUT2D eigenvalue weighted by molar-refractivity contribution is -0.384. The van der Waals surface area contributed by atoms with E-state index in [-0.39, 0.29) is 10.6 Å². The van der Waals surface area contributed by atoms with Crippen molar-refractivity contribution in [2.24, 2.45) is 0 Å². The Labute approximate surface area is 142 Å². The lowest BCUT2D eigenvalue weighted by Crippen LogP contribution is -1.90. The van der Waals surface area contributed by atoms with Crippen LogP contribution in [0.1, 0.15) is 16.8 Å². The van der Waals surface area contributed by atoms with Crippen LogP contribution in [0.25, 0.3) is 26.4 Å². The van der Waals surface area contributed by atoms with Crippen LogP contribution in [0, 0.1) is 30.9 Å². The van der Waals surface area contributed by atoms with E-state index in [0.29, 0.717) is 0 Å². The fourth-order valence-electron chi connectivity index (χ4n) is 2.97. The molecule has 0 aliphatic rings. The molecule has 0 bridgehead atoms. The Morgan fingerprint density at radius 3 is 2.58 bits per heavy atom. The number of hydrogen-bond acceptors (Lipinski definition) is 4. The molecule has 120 valence electrons. The largest absolute Gasteiger partial charge is 0.287 e. The summed E-state index contributed by atoms with van der Waals surface area (Å²) in [7, 11) is 0. The van der Waals surface area contributed by atoms with Crippen molar-refractivity contribution in [2.75, 3.05) is 0 Å². The third-order valence-electron chi connectivity index (χ3n) is 4.45. The van der Waals surface area contributed by atoms with Crippen LogP contribution >= 0.6 is 11.3 Å². The van der Waals surface area contributed by atoms with Gasteiger partial charge >= 0.3 is 0 Å². The summed E-state index contributed by atoms with van der Waals surface area (Å²) in [4.78, 5) is 16.2. The SMILES string of the molecule is Cc1ccc(-c2nc3sc4cc([N+](=O)[O-])ccc4n3c2C)cc1C. The van der Waals surface area contributed by atoms with Crippen LogP contribution in [0.4, 0.5) is 5.69 Å². The van der Waals surface area contributed by atoms with Gasteiger partial charge in [-0.3, -0.25) is 14.5 Å². The number of non-ortho nitro benzene ring substituents is 1. The molecule has 24 heavy (non-hydrogen) atoms. The van der Waals surface area contributed by atoms with E-state index in [1.165, 1.54) is 22.5 Å². The molecule has 0 saturated heterocycles. The average molecular weight is 337 g/mol. The van der Waals surface area contributed by atoms with Gasteiger partial charge in [0.05, 0.1) is 20.8 Å². The fourth-order valence-corrected chi connectivity index (χ4v) is 4.08. The van der Waals surface area contributed by atoms with Crippen molar-refractivity contribution in [3.8, 4) is 11.3 Å². The first-order chi connectivity index (χ1) is 11.5. The van der Waals surface area contributed by atoms with Gasteiger partial charge in [-0.05, 0) is 44.0 Å². The maximum atomic E-state index is 11.0. The molecule has 4 rings (SSSR count). The number of aryl methyl sites for hydroxylation is 3. The van der Waals surface area contributed by atoms with Crippen LogP contribution in [0.15, 0.2) is 36.4 Å². The topological polar surface area (TPSA) is 60.4 Å². The molecular weight excluding hydrogens is 322 g/mol. The van der Waals surface area contributed by atoms with Crippen LogP contribution in [-0.2, 0) is 0 Å². The summed E-state index contributed by atoms with van der Waals surface area (Å²) in [5, 5.41) is 11.0. The second-order valence-electron chi connectivity index (χ2n) is 5.97. The molecule has 5 nitrogen and oxygen atoms in total. The summed E-state index contributed by atoms with van der Waals surface area (Å²) >= 11 is 1.48. The van der Waals surface area contributed by atoms with Crippen molar-refractivity contribution in [3.63, 3.8) is 0 Å². The van der Waals surface area contributed by atoms with E-state index in [2.05, 4.69) is 36.4 Å². The van der Waals surface area contributed by atoms with Gasteiger partial charge in [0.2, 0.25) is 0 Å². The average Bonchev–Trinajstić information content (AvgIpc) is 3.06. The van der Waals surface area contributed by atoms with E-state index in [1.807, 2.05) is 6.92 Å². The predicted molar refractivity (Wildman–Crippen MR) is 96.9 cm³/mol. The smallest absolute Gasteiger partial charge is 0.270 e. The van der Waals surface area contributed by atoms with Gasteiger partial charge in [0, 0.05) is 23.4 Å². The Balaban J connectivity index is 1.95. The van der Waals surface area contributed by atoms with Gasteiger partial charge in [-0.2, -0.15) is 0 Å². The van der Waals surface area contributed by atoms with Gasteiger partial charge in [0.1, 0.15) is 0 Å². The zero-order valence-corrected chi connectivity index (χ0v) is 14.3. The summed E-state index contributed by atoms with van der Waals surface area (Å²) in [5.41, 5.74) is 6.68. The minimum absolute atomic E-state index is 0.110. The number of fused-ring (bicyclic) bond motifs is 3. The van der Waals surface area contributed by atoms with Crippen molar-refractivity contribution < 1.29 is 4.92 Å². The number of benzene rings is 2. The zero-order chi connectivity index (χ0) is 17.0. The highest BCUT2D eigenvalue weighted by atomic mass is 32.1. The molecule has 0 fully saturated rings. The van der Waals surface area contributed by atoms with Crippen LogP contribution in [0.5, 0.6) is 0 Å². The van der Waals surface area contributed by atoms with E-state index < -0.39 is 0 Å². The summed E-state index contributed by atoms with van der Waals surface area (Å²) < 4.78 is 2.95. The normalized spacial score (nSPS) is 11.5. The predicted octanol–water partition coefficient (Wildman–Crippen LogP) is 5.05. The van der Waals surface area contributed by atoms with Crippen LogP contribution in [-0.4, -0.2) is 14.3 Å². The first-order valence-corrected chi connectivity index (χ1v) is 8.41. The zero-order valence-electron chi connectivity index (χ0n) is 13.5. The van der Waals surface area contributed by atoms with Crippen LogP contribution < -0.4 is 0 Å². The number of nitro groups is 1. The Kier molecular flexibility index (Phi) is 3.18. The minimum Gasteiger partial charge on any atom is -0.287 e. The lowest BCUT2D eigenvalue weighted by Gasteiger charge is -2.04. The minimum atomic E-state index is -0.366. The van der Waals surface area contributed by atoms with Crippen molar-refractivity contribution in [1.82, 2.24) is 9.38 Å². The number of aromatic nitrogens is 2. The number of rotatable bonds is 2. The van der Waals surface area contributed by atoms with Crippen molar-refractivity contribution in [2.45, 2.75) is 20.8 Å². The molecule has 0 saturated carbocycles. The number of nitro benzene ring substituents is 1. The number of nitrogens with zero attached hydrogens (tertiary/aromatic N) is 3. The number of imidazole rings is 1. The molecule has 0 unspecified atom stereocenters. The van der Waals surface area contributed by atoms with Crippen LogP contribution in [0.2, 0.25) is 0 Å². The quantitative estimate of drug-likeness (QED) is 0.380. The molecule has 2 aromatic heterocycles. The molecule has 0 spiro atoms. The first kappa shape index (κ1) is 14.8. The van der Waals surface area contributed by atoms with Gasteiger partial charge in [-0.25, -0.2) is 4.98 Å². The fraction of sp³-hybridized carbons (Fsp3) is 0.167. The highest BCUT2D eigenvalue weighted by Crippen LogP contribution is 2.34. The summed E-state index contributed by atoms with van der Waals surface area (Å²) in [5.74, 6) is 0. The van der Waals surface area contributed by atoms with E-state index in [4.69, 9.17) is 4.98 Å². The molecule has 0 N–H and O–H groups in total. The molecule has 4 aromatic rings. The lowest BCUT2D eigenvalue weighted by atomic mass is 10.0. The summed E-state index contributed by atoms with van der Waals surface area (Å²) in [6, 6.07) is 11.3. The Morgan fingerprint density at radius 2 is 1.88 bits per heavy atom. The Hall–Kier alpha value is -2.73. The third kappa shape index (κ3) is 2.11. The standard InChI is InChI=1S/C18H15N3O2S/c1-10-4-5-13(8-11(10)2)17-12(3)20-15-7-6-14(21(22)23)9-16(15)24-18(20)19-17/h4-9H,1-3H3. The highest BCUT2D eigenvalue weighted by molar-refractivity contribution is 7.23. The van der Waals surface area contributed by atoms with E-state index in [9.17, 15) is 10.1 Å². The van der Waals surface area contributed by atoms with Crippen molar-refractivity contribution in [1.29, 1.82) is 0 Å². The molecular formula is C18H15N3O2S. The molecule has 2 heterocycles. The van der Waals surface area contributed by atoms with Gasteiger partial charge in [0.25, 0.3) is 5.69 Å². The highest BCUT2D eigenvalue weighted by Gasteiger charge is 2.17. The molecule has 0 aliphatic heterocycles. The Morgan fingerprint density at radius 1 is 1.08 bits per heavy atom. The van der Waals surface area contributed by atoms with E-state index in [1.54, 1.807) is 18.2 Å². The van der Waals surface area contributed by atoms with Crippen LogP contribution in [0.3, 0.4) is 0 Å². The molecule has 0 atom stereocenters. The van der Waals surface area contributed by atoms with Gasteiger partial charge < -0.3 is 0 Å². The second kappa shape index (κ2) is 5.14. The van der Waals surface area contributed by atoms with E-state index in [0.717, 1.165) is 32.1 Å². The Bertz CT molecular complexity index is 1120. The maximum Gasteiger partial charge on any atom is 0.270 e. The van der Waals surface area contributed by atoms with Gasteiger partial charge in [0.15, 0.2) is 4.96 Å². The van der Waals surface area contributed by atoms with Crippen molar-refractivity contribution >= 4 is 32.2 Å². The van der Waals surface area contributed by atoms with Gasteiger partial charge in [-0.1, -0.05) is 23.5 Å². The molecule has 2 aromatic carbocycles. The monoisotopic (exact) mass is 337 g/mol. The first-order valence-electron chi connectivity index (χ1n) is 7.59. The maximum absolute atomic E-state index is 11.0. The molecule has 6 heteroatoms. The summed E-state index contributed by atoms with van der Waals surface area (Å²) in [6.07, 6.45) is 0. The molecule has 0 radical (unpaired) electrons. The second-order valence-corrected chi connectivity index (χ2v) is 6.98. The van der Waals surface area contributed by atoms with E-state index >= 15 is 0 Å². The molecule has 0 aliphatic carbocycles. The van der Waals surface area contributed by atoms with Gasteiger partial charge in [-0.15, -0.1) is 0 Å². The number of hydrogen-bond donors (Lipinski definition) is 0. The number of thiazole rings is 1. The molecule has 0 amide bonds.